The van der Waals surface area contributed by atoms with Crippen molar-refractivity contribution in [3.63, 3.8) is 0 Å². The van der Waals surface area contributed by atoms with Crippen LogP contribution in [0.5, 0.6) is 0 Å². The number of hydrogen-bond donors (Lipinski definition) is 0. The van der Waals surface area contributed by atoms with Crippen molar-refractivity contribution < 1.29 is 0 Å². The maximum Gasteiger partial charge on any atom is 0.0745 e. The summed E-state index contributed by atoms with van der Waals surface area (Å²) < 4.78 is 0. The minimum Gasteiger partial charge on any atom is -0.147 e. The minimum atomic E-state index is 0.327. The van der Waals surface area contributed by atoms with Gasteiger partial charge in [-0.3, -0.25) is 0 Å². The maximum absolute atomic E-state index is 3.90. The van der Waals surface area contributed by atoms with Crippen molar-refractivity contribution in [2.45, 2.75) is 38.9 Å². The second-order valence-corrected chi connectivity index (χ2v) is 6.70. The van der Waals surface area contributed by atoms with Crippen molar-refractivity contribution in [1.82, 2.24) is 0 Å². The van der Waals surface area contributed by atoms with E-state index in [1.165, 1.54) is 32.7 Å². The molecule has 0 radical (unpaired) electrons. The number of benzene rings is 1. The smallest absolute Gasteiger partial charge is 0.0745 e. The molecule has 1 heterocycles. The van der Waals surface area contributed by atoms with E-state index in [9.17, 15) is 0 Å². The highest BCUT2D eigenvalue weighted by atomic mass is 79.9. The second-order valence-electron chi connectivity index (χ2n) is 4.84. The average molecular weight is 323 g/mol. The first kappa shape index (κ1) is 13.8. The van der Waals surface area contributed by atoms with Crippen LogP contribution in [0.15, 0.2) is 23.6 Å². The number of hydrogen-bond acceptors (Lipinski definition) is 1. The Morgan fingerprint density at radius 2 is 1.78 bits per heavy atom. The van der Waals surface area contributed by atoms with E-state index in [0.717, 1.165) is 6.42 Å². The minimum absolute atomic E-state index is 0.327. The standard InChI is InChI=1S/C16H19BrS/c1-5-13-6-7-18-16(13)15(17)14-11(3)8-10(2)9-12(14)4/h6-9,15H,5H2,1-4H3. The zero-order chi connectivity index (χ0) is 13.3. The lowest BCUT2D eigenvalue weighted by Crippen LogP contribution is -2.00. The predicted octanol–water partition coefficient (Wildman–Crippen LogP) is 5.72. The van der Waals surface area contributed by atoms with Gasteiger partial charge in [0, 0.05) is 4.88 Å². The van der Waals surface area contributed by atoms with E-state index in [1.807, 2.05) is 11.3 Å². The van der Waals surface area contributed by atoms with Gasteiger partial charge in [-0.1, -0.05) is 40.5 Å². The summed E-state index contributed by atoms with van der Waals surface area (Å²) in [5.74, 6) is 0. The van der Waals surface area contributed by atoms with Crippen LogP contribution in [0.3, 0.4) is 0 Å². The third-order valence-electron chi connectivity index (χ3n) is 3.38. The molecule has 1 atom stereocenters. The predicted molar refractivity (Wildman–Crippen MR) is 85.1 cm³/mol. The lowest BCUT2D eigenvalue weighted by atomic mass is 9.95. The normalized spacial score (nSPS) is 12.7. The van der Waals surface area contributed by atoms with Gasteiger partial charge in [0.1, 0.15) is 0 Å². The van der Waals surface area contributed by atoms with Gasteiger partial charge in [0.05, 0.1) is 4.83 Å². The van der Waals surface area contributed by atoms with Crippen molar-refractivity contribution in [3.05, 3.63) is 56.3 Å². The highest BCUT2D eigenvalue weighted by Gasteiger charge is 2.19. The molecule has 2 heteroatoms. The highest BCUT2D eigenvalue weighted by molar-refractivity contribution is 9.09. The lowest BCUT2D eigenvalue weighted by molar-refractivity contribution is 1.06. The molecule has 0 amide bonds. The second kappa shape index (κ2) is 5.58. The zero-order valence-corrected chi connectivity index (χ0v) is 13.8. The monoisotopic (exact) mass is 322 g/mol. The molecule has 1 aromatic carbocycles. The molecule has 18 heavy (non-hydrogen) atoms. The van der Waals surface area contributed by atoms with Gasteiger partial charge >= 0.3 is 0 Å². The van der Waals surface area contributed by atoms with Gasteiger partial charge in [0.25, 0.3) is 0 Å². The first-order chi connectivity index (χ1) is 8.54. The molecule has 1 unspecified atom stereocenters. The Kier molecular flexibility index (Phi) is 4.29. The average Bonchev–Trinajstić information content (AvgIpc) is 2.75. The summed E-state index contributed by atoms with van der Waals surface area (Å²) in [4.78, 5) is 1.78. The largest absolute Gasteiger partial charge is 0.147 e. The molecule has 0 bridgehead atoms. The third kappa shape index (κ3) is 2.55. The van der Waals surface area contributed by atoms with Gasteiger partial charge in [-0.05, 0) is 60.9 Å². The Morgan fingerprint density at radius 1 is 1.17 bits per heavy atom. The fourth-order valence-electron chi connectivity index (χ4n) is 2.58. The topological polar surface area (TPSA) is 0 Å². The van der Waals surface area contributed by atoms with Crippen LogP contribution in [0.4, 0.5) is 0 Å². The summed E-state index contributed by atoms with van der Waals surface area (Å²) in [6, 6.07) is 6.79. The summed E-state index contributed by atoms with van der Waals surface area (Å²) in [5.41, 5.74) is 6.99. The maximum atomic E-state index is 3.90. The molecule has 96 valence electrons. The number of alkyl halides is 1. The van der Waals surface area contributed by atoms with E-state index in [-0.39, 0.29) is 0 Å². The van der Waals surface area contributed by atoms with Crippen LogP contribution in [-0.4, -0.2) is 0 Å². The molecule has 0 saturated heterocycles. The molecule has 0 aliphatic heterocycles. The molecular weight excluding hydrogens is 304 g/mol. The SMILES string of the molecule is CCc1ccsc1C(Br)c1c(C)cc(C)cc1C. The highest BCUT2D eigenvalue weighted by Crippen LogP contribution is 2.39. The quantitative estimate of drug-likeness (QED) is 0.634. The first-order valence-electron chi connectivity index (χ1n) is 6.32. The van der Waals surface area contributed by atoms with Gasteiger partial charge in [-0.25, -0.2) is 0 Å². The van der Waals surface area contributed by atoms with Gasteiger partial charge in [0.15, 0.2) is 0 Å². The van der Waals surface area contributed by atoms with E-state index < -0.39 is 0 Å². The molecule has 0 nitrogen and oxygen atoms in total. The summed E-state index contributed by atoms with van der Waals surface area (Å²) in [7, 11) is 0. The summed E-state index contributed by atoms with van der Waals surface area (Å²) in [6.07, 6.45) is 1.10. The van der Waals surface area contributed by atoms with E-state index >= 15 is 0 Å². The zero-order valence-electron chi connectivity index (χ0n) is 11.4. The van der Waals surface area contributed by atoms with Crippen LogP contribution in [0.1, 0.15) is 44.4 Å². The van der Waals surface area contributed by atoms with Crippen LogP contribution >= 0.6 is 27.3 Å². The summed E-state index contributed by atoms with van der Waals surface area (Å²) in [6.45, 7) is 8.81. The Balaban J connectivity index is 2.49. The number of rotatable bonds is 3. The number of aryl methyl sites for hydroxylation is 4. The molecule has 0 fully saturated rings. The fourth-order valence-corrected chi connectivity index (χ4v) is 4.90. The lowest BCUT2D eigenvalue weighted by Gasteiger charge is -2.17. The number of halogens is 1. The van der Waals surface area contributed by atoms with Crippen molar-refractivity contribution in [2.75, 3.05) is 0 Å². The molecule has 0 saturated carbocycles. The Bertz CT molecular complexity index is 531. The Labute approximate surface area is 122 Å². The van der Waals surface area contributed by atoms with E-state index in [1.54, 1.807) is 0 Å². The molecule has 2 rings (SSSR count). The molecule has 0 N–H and O–H groups in total. The summed E-state index contributed by atoms with van der Waals surface area (Å²) >= 11 is 5.75. The molecule has 0 spiro atoms. The van der Waals surface area contributed by atoms with Crippen molar-refractivity contribution in [1.29, 1.82) is 0 Å². The fraction of sp³-hybridized carbons (Fsp3) is 0.375. The van der Waals surface area contributed by atoms with Crippen molar-refractivity contribution in [3.8, 4) is 0 Å². The Morgan fingerprint density at radius 3 is 2.33 bits per heavy atom. The van der Waals surface area contributed by atoms with Crippen LogP contribution in [0.25, 0.3) is 0 Å². The van der Waals surface area contributed by atoms with Crippen molar-refractivity contribution >= 4 is 27.3 Å². The first-order valence-corrected chi connectivity index (χ1v) is 8.12. The molecule has 0 aliphatic rings. The van der Waals surface area contributed by atoms with E-state index in [2.05, 4.69) is 67.2 Å². The van der Waals surface area contributed by atoms with Crippen LogP contribution in [0, 0.1) is 20.8 Å². The molecule has 1 aromatic heterocycles. The van der Waals surface area contributed by atoms with E-state index in [4.69, 9.17) is 0 Å². The Hall–Kier alpha value is -0.600. The van der Waals surface area contributed by atoms with Crippen LogP contribution in [-0.2, 0) is 6.42 Å². The van der Waals surface area contributed by atoms with Gasteiger partial charge in [-0.2, -0.15) is 0 Å². The molecule has 0 aliphatic carbocycles. The van der Waals surface area contributed by atoms with Gasteiger partial charge < -0.3 is 0 Å². The third-order valence-corrected chi connectivity index (χ3v) is 5.63. The summed E-state index contributed by atoms with van der Waals surface area (Å²) in [5, 5.41) is 2.20. The van der Waals surface area contributed by atoms with Gasteiger partial charge in [0.2, 0.25) is 0 Å². The molecular formula is C16H19BrS. The van der Waals surface area contributed by atoms with Gasteiger partial charge in [-0.15, -0.1) is 11.3 Å². The van der Waals surface area contributed by atoms with Crippen LogP contribution < -0.4 is 0 Å². The van der Waals surface area contributed by atoms with E-state index in [0.29, 0.717) is 4.83 Å². The van der Waals surface area contributed by atoms with Crippen molar-refractivity contribution in [2.24, 2.45) is 0 Å². The number of thiophene rings is 1. The molecule has 2 aromatic rings. The van der Waals surface area contributed by atoms with Crippen LogP contribution in [0.2, 0.25) is 0 Å².